The zero-order valence-electron chi connectivity index (χ0n) is 19.9. The van der Waals surface area contributed by atoms with E-state index in [1.807, 2.05) is 37.3 Å². The average Bonchev–Trinajstić information content (AvgIpc) is 2.84. The van der Waals surface area contributed by atoms with Crippen molar-refractivity contribution < 1.29 is 19.4 Å². The van der Waals surface area contributed by atoms with Crippen LogP contribution >= 0.6 is 11.6 Å². The van der Waals surface area contributed by atoms with Gasteiger partial charge in [-0.05, 0) is 80.3 Å². The number of dihydropyridines is 1. The van der Waals surface area contributed by atoms with Crippen LogP contribution in [-0.4, -0.2) is 23.0 Å². The summed E-state index contributed by atoms with van der Waals surface area (Å²) in [7, 11) is 0. The summed E-state index contributed by atoms with van der Waals surface area (Å²) in [5.41, 5.74) is 4.37. The Kier molecular flexibility index (Phi) is 6.70. The normalized spacial score (nSPS) is 23.1. The number of phenols is 1. The topological polar surface area (TPSA) is 75.6 Å². The number of phenolic OH excluding ortho intramolecular Hbond substituents is 1. The molecular weight excluding hydrogens is 462 g/mol. The Morgan fingerprint density at radius 3 is 2.49 bits per heavy atom. The number of hydrogen-bond acceptors (Lipinski definition) is 5. The molecular formula is C29H30ClNO4. The fraction of sp³-hybridized carbons (Fsp3) is 0.379. The Morgan fingerprint density at radius 1 is 1.03 bits per heavy atom. The second-order valence-electron chi connectivity index (χ2n) is 9.83. The highest BCUT2D eigenvalue weighted by Gasteiger charge is 2.42. The van der Waals surface area contributed by atoms with Crippen molar-refractivity contribution in [2.75, 3.05) is 0 Å². The van der Waals surface area contributed by atoms with Gasteiger partial charge in [-0.1, -0.05) is 42.3 Å². The first-order valence-electron chi connectivity index (χ1n) is 12.4. The molecule has 0 radical (unpaired) electrons. The molecule has 0 amide bonds. The molecule has 0 saturated heterocycles. The van der Waals surface area contributed by atoms with Gasteiger partial charge in [-0.2, -0.15) is 0 Å². The van der Waals surface area contributed by atoms with Crippen LogP contribution in [0.5, 0.6) is 5.75 Å². The largest absolute Gasteiger partial charge is 0.508 e. The van der Waals surface area contributed by atoms with Gasteiger partial charge >= 0.3 is 5.97 Å². The zero-order valence-corrected chi connectivity index (χ0v) is 20.6. The Hall–Kier alpha value is -3.05. The van der Waals surface area contributed by atoms with Crippen molar-refractivity contribution in [3.8, 4) is 5.75 Å². The molecule has 2 aromatic rings. The highest BCUT2D eigenvalue weighted by molar-refractivity contribution is 6.30. The van der Waals surface area contributed by atoms with Crippen molar-refractivity contribution in [3.05, 3.63) is 87.2 Å². The van der Waals surface area contributed by atoms with E-state index in [4.69, 9.17) is 16.3 Å². The molecule has 2 atom stereocenters. The number of halogens is 1. The van der Waals surface area contributed by atoms with E-state index in [9.17, 15) is 14.7 Å². The number of benzene rings is 2. The first kappa shape index (κ1) is 23.7. The summed E-state index contributed by atoms with van der Waals surface area (Å²) in [6.45, 7) is 1.87. The number of aromatic hydroxyl groups is 1. The van der Waals surface area contributed by atoms with E-state index < -0.39 is 5.92 Å². The lowest BCUT2D eigenvalue weighted by molar-refractivity contribution is -0.146. The summed E-state index contributed by atoms with van der Waals surface area (Å²) in [4.78, 5) is 27.2. The summed E-state index contributed by atoms with van der Waals surface area (Å²) in [5.74, 6) is -0.826. The molecule has 2 N–H and O–H groups in total. The van der Waals surface area contributed by atoms with Crippen molar-refractivity contribution in [1.29, 1.82) is 0 Å². The minimum absolute atomic E-state index is 0.00232. The van der Waals surface area contributed by atoms with E-state index in [-0.39, 0.29) is 29.5 Å². The molecule has 1 saturated carbocycles. The van der Waals surface area contributed by atoms with Gasteiger partial charge in [0.05, 0.1) is 5.57 Å². The van der Waals surface area contributed by atoms with Gasteiger partial charge in [-0.15, -0.1) is 0 Å². The molecule has 5 rings (SSSR count). The van der Waals surface area contributed by atoms with Crippen molar-refractivity contribution in [2.24, 2.45) is 0 Å². The summed E-state index contributed by atoms with van der Waals surface area (Å²) in [5, 5.41) is 14.3. The minimum atomic E-state index is -0.576. The van der Waals surface area contributed by atoms with Crippen LogP contribution in [0.2, 0.25) is 5.02 Å². The predicted molar refractivity (Wildman–Crippen MR) is 135 cm³/mol. The smallest absolute Gasteiger partial charge is 0.337 e. The molecule has 2 aromatic carbocycles. The quantitative estimate of drug-likeness (QED) is 0.492. The highest BCUT2D eigenvalue weighted by atomic mass is 35.5. The number of allylic oxidation sites excluding steroid dienone is 3. The van der Waals surface area contributed by atoms with Crippen LogP contribution in [0.4, 0.5) is 0 Å². The van der Waals surface area contributed by atoms with Gasteiger partial charge in [-0.25, -0.2) is 4.79 Å². The molecule has 0 bridgehead atoms. The molecule has 5 nitrogen and oxygen atoms in total. The van der Waals surface area contributed by atoms with E-state index in [0.717, 1.165) is 36.9 Å². The maximum Gasteiger partial charge on any atom is 0.337 e. The minimum Gasteiger partial charge on any atom is -0.508 e. The van der Waals surface area contributed by atoms with E-state index in [2.05, 4.69) is 5.32 Å². The molecule has 6 heteroatoms. The lowest BCUT2D eigenvalue weighted by atomic mass is 9.71. The van der Waals surface area contributed by atoms with Gasteiger partial charge in [0.15, 0.2) is 5.78 Å². The van der Waals surface area contributed by atoms with Crippen LogP contribution in [-0.2, 0) is 14.3 Å². The number of carbonyl (C=O) groups excluding carboxylic acids is 2. The van der Waals surface area contributed by atoms with Gasteiger partial charge in [0, 0.05) is 34.3 Å². The number of hydrogen-bond donors (Lipinski definition) is 2. The SMILES string of the molecule is CC1=C(C(=O)OC2CCCCC2)[C@@H](c2cccc(O)c2)C2=C(C[C@@H](c3ccc(Cl)cc3)CC2=O)N1. The lowest BCUT2D eigenvalue weighted by Crippen LogP contribution is -2.37. The van der Waals surface area contributed by atoms with E-state index in [1.165, 1.54) is 6.42 Å². The van der Waals surface area contributed by atoms with Gasteiger partial charge in [0.2, 0.25) is 0 Å². The standard InChI is InChI=1S/C29H30ClNO4/c1-17-26(29(34)35-23-8-3-2-4-9-23)27(19-6-5-7-22(32)14-19)28-24(31-17)15-20(16-25(28)33)18-10-12-21(30)13-11-18/h5-7,10-14,20,23,27,31-32H,2-4,8-9,15-16H2,1H3/t20-,27-/m1/s1. The van der Waals surface area contributed by atoms with E-state index in [0.29, 0.717) is 40.3 Å². The maximum atomic E-state index is 13.7. The van der Waals surface area contributed by atoms with Gasteiger partial charge in [0.25, 0.3) is 0 Å². The fourth-order valence-electron chi connectivity index (χ4n) is 5.72. The lowest BCUT2D eigenvalue weighted by Gasteiger charge is -2.37. The first-order chi connectivity index (χ1) is 16.9. The molecule has 182 valence electrons. The van der Waals surface area contributed by atoms with Gasteiger partial charge in [0.1, 0.15) is 11.9 Å². The molecule has 1 fully saturated rings. The van der Waals surface area contributed by atoms with Crippen LogP contribution in [0, 0.1) is 0 Å². The van der Waals surface area contributed by atoms with Gasteiger partial charge in [-0.3, -0.25) is 4.79 Å². The summed E-state index contributed by atoms with van der Waals surface area (Å²) < 4.78 is 5.95. The van der Waals surface area contributed by atoms with Crippen molar-refractivity contribution in [3.63, 3.8) is 0 Å². The third-order valence-corrected chi connectivity index (χ3v) is 7.67. The molecule has 0 unspecified atom stereocenters. The number of ether oxygens (including phenoxy) is 1. The summed E-state index contributed by atoms with van der Waals surface area (Å²) in [6, 6.07) is 14.5. The van der Waals surface area contributed by atoms with Crippen LogP contribution < -0.4 is 5.32 Å². The van der Waals surface area contributed by atoms with Crippen LogP contribution in [0.25, 0.3) is 0 Å². The maximum absolute atomic E-state index is 13.7. The molecule has 1 aliphatic heterocycles. The van der Waals surface area contributed by atoms with Crippen molar-refractivity contribution in [1.82, 2.24) is 5.32 Å². The Morgan fingerprint density at radius 2 is 1.77 bits per heavy atom. The zero-order chi connectivity index (χ0) is 24.5. The van der Waals surface area contributed by atoms with Crippen LogP contribution in [0.15, 0.2) is 71.1 Å². The second kappa shape index (κ2) is 9.90. The van der Waals surface area contributed by atoms with E-state index >= 15 is 0 Å². The number of esters is 1. The van der Waals surface area contributed by atoms with Crippen LogP contribution in [0.1, 0.15) is 74.8 Å². The number of rotatable bonds is 4. The monoisotopic (exact) mass is 491 g/mol. The Balaban J connectivity index is 1.52. The fourth-order valence-corrected chi connectivity index (χ4v) is 5.84. The number of nitrogens with one attached hydrogen (secondary N) is 1. The molecule has 0 spiro atoms. The molecule has 2 aliphatic carbocycles. The average molecular weight is 492 g/mol. The Bertz CT molecular complexity index is 1210. The van der Waals surface area contributed by atoms with E-state index in [1.54, 1.807) is 18.2 Å². The Labute approximate surface area is 210 Å². The van der Waals surface area contributed by atoms with Crippen molar-refractivity contribution >= 4 is 23.4 Å². The third-order valence-electron chi connectivity index (χ3n) is 7.42. The third kappa shape index (κ3) is 4.87. The molecule has 3 aliphatic rings. The number of Topliss-reactive ketones (excluding diaryl/α,β-unsaturated/α-hetero) is 1. The van der Waals surface area contributed by atoms with Crippen molar-refractivity contribution in [2.45, 2.75) is 69.8 Å². The highest BCUT2D eigenvalue weighted by Crippen LogP contribution is 2.46. The molecule has 1 heterocycles. The number of ketones is 1. The first-order valence-corrected chi connectivity index (χ1v) is 12.8. The molecule has 35 heavy (non-hydrogen) atoms. The van der Waals surface area contributed by atoms with Crippen LogP contribution in [0.3, 0.4) is 0 Å². The summed E-state index contributed by atoms with van der Waals surface area (Å²) in [6.07, 6.45) is 5.95. The summed E-state index contributed by atoms with van der Waals surface area (Å²) >= 11 is 6.07. The number of carbonyl (C=O) groups is 2. The predicted octanol–water partition coefficient (Wildman–Crippen LogP) is 6.28. The second-order valence-corrected chi connectivity index (χ2v) is 10.3. The molecule has 0 aromatic heterocycles. The van der Waals surface area contributed by atoms with Gasteiger partial charge < -0.3 is 15.2 Å².